The maximum Gasteiger partial charge on any atom is 0.339 e. The lowest BCUT2D eigenvalue weighted by atomic mass is 10.1. The van der Waals surface area contributed by atoms with E-state index in [1.165, 1.54) is 0 Å². The Morgan fingerprint density at radius 3 is 2.11 bits per heavy atom. The molecule has 0 spiro atoms. The van der Waals surface area contributed by atoms with Crippen molar-refractivity contribution in [2.24, 2.45) is 5.92 Å². The number of hydrogen-bond donors (Lipinski definition) is 1. The summed E-state index contributed by atoms with van der Waals surface area (Å²) >= 11 is 0. The molecule has 0 aliphatic carbocycles. The van der Waals surface area contributed by atoms with Crippen LogP contribution in [-0.4, -0.2) is 27.7 Å². The molecule has 5 nitrogen and oxygen atoms in total. The Labute approximate surface area is 107 Å². The first-order valence-electron chi connectivity index (χ1n) is 6.08. The van der Waals surface area contributed by atoms with Crippen LogP contribution < -0.4 is 0 Å². The number of rotatable bonds is 5. The van der Waals surface area contributed by atoms with Crippen LogP contribution in [-0.2, 0) is 4.74 Å². The Morgan fingerprint density at radius 2 is 1.78 bits per heavy atom. The van der Waals surface area contributed by atoms with Gasteiger partial charge in [-0.1, -0.05) is 13.8 Å². The summed E-state index contributed by atoms with van der Waals surface area (Å²) in [5.41, 5.74) is 1.14. The number of aromatic carboxylic acids is 1. The molecule has 1 N–H and O–H groups in total. The molecule has 0 fully saturated rings. The molecule has 0 saturated heterocycles. The molecular weight excluding hydrogens is 232 g/mol. The predicted octanol–water partition coefficient (Wildman–Crippen LogP) is 2.53. The van der Waals surface area contributed by atoms with Crippen molar-refractivity contribution in [3.63, 3.8) is 0 Å². The van der Waals surface area contributed by atoms with Crippen molar-refractivity contribution in [3.05, 3.63) is 22.8 Å². The van der Waals surface area contributed by atoms with Crippen LogP contribution in [0.2, 0.25) is 0 Å². The molecule has 0 amide bonds. The lowest BCUT2D eigenvalue weighted by Crippen LogP contribution is -2.18. The van der Waals surface area contributed by atoms with Gasteiger partial charge in [0.2, 0.25) is 0 Å². The minimum Gasteiger partial charge on any atom is -0.478 e. The van der Waals surface area contributed by atoms with Gasteiger partial charge in [-0.3, -0.25) is 0 Å². The molecule has 18 heavy (non-hydrogen) atoms. The minimum absolute atomic E-state index is 0.178. The lowest BCUT2D eigenvalue weighted by Gasteiger charge is -2.20. The summed E-state index contributed by atoms with van der Waals surface area (Å²) in [6.45, 7) is 9.92. The zero-order valence-corrected chi connectivity index (χ0v) is 11.5. The van der Waals surface area contributed by atoms with Crippen molar-refractivity contribution >= 4 is 5.97 Å². The van der Waals surface area contributed by atoms with E-state index in [0.29, 0.717) is 23.8 Å². The van der Waals surface area contributed by atoms with Crippen LogP contribution >= 0.6 is 0 Å². The monoisotopic (exact) mass is 252 g/mol. The molecule has 1 rings (SSSR count). The third-order valence-corrected chi connectivity index (χ3v) is 2.71. The second-order valence-corrected chi connectivity index (χ2v) is 4.55. The number of carboxylic acid groups (broad SMARTS) is 1. The zero-order chi connectivity index (χ0) is 13.9. The molecular formula is C13H20N2O3. The van der Waals surface area contributed by atoms with Crippen LogP contribution in [0.3, 0.4) is 0 Å². The summed E-state index contributed by atoms with van der Waals surface area (Å²) in [6, 6.07) is 0. The Morgan fingerprint density at radius 1 is 1.28 bits per heavy atom. The second kappa shape index (κ2) is 5.91. The van der Waals surface area contributed by atoms with Crippen molar-refractivity contribution in [1.82, 2.24) is 9.97 Å². The molecule has 0 saturated carbocycles. The van der Waals surface area contributed by atoms with E-state index in [2.05, 4.69) is 9.97 Å². The van der Waals surface area contributed by atoms with E-state index in [9.17, 15) is 4.79 Å². The molecule has 100 valence electrons. The maximum absolute atomic E-state index is 11.1. The first-order valence-corrected chi connectivity index (χ1v) is 6.08. The molecule has 1 aromatic heterocycles. The van der Waals surface area contributed by atoms with Crippen LogP contribution in [0.5, 0.6) is 0 Å². The fourth-order valence-electron chi connectivity index (χ4n) is 1.92. The standard InChI is InChI=1S/C13H20N2O3/c1-6-18-11(7(2)3)12-14-8(4)10(13(16)17)9(5)15-12/h7,11H,6H2,1-5H3,(H,16,17). The summed E-state index contributed by atoms with van der Waals surface area (Å²) in [5, 5.41) is 9.08. The summed E-state index contributed by atoms with van der Waals surface area (Å²) < 4.78 is 5.63. The highest BCUT2D eigenvalue weighted by Gasteiger charge is 2.22. The normalized spacial score (nSPS) is 12.8. The summed E-state index contributed by atoms with van der Waals surface area (Å²) in [7, 11) is 0. The molecule has 0 radical (unpaired) electrons. The van der Waals surface area contributed by atoms with E-state index >= 15 is 0 Å². The second-order valence-electron chi connectivity index (χ2n) is 4.55. The highest BCUT2D eigenvalue weighted by Crippen LogP contribution is 2.24. The molecule has 1 heterocycles. The smallest absolute Gasteiger partial charge is 0.339 e. The Balaban J connectivity index is 3.23. The number of carboxylic acids is 1. The molecule has 0 aromatic carbocycles. The van der Waals surface area contributed by atoms with Gasteiger partial charge in [0, 0.05) is 6.61 Å². The van der Waals surface area contributed by atoms with E-state index in [-0.39, 0.29) is 17.6 Å². The molecule has 5 heteroatoms. The fourth-order valence-corrected chi connectivity index (χ4v) is 1.92. The maximum atomic E-state index is 11.1. The summed E-state index contributed by atoms with van der Waals surface area (Å²) in [4.78, 5) is 19.6. The van der Waals surface area contributed by atoms with Gasteiger partial charge < -0.3 is 9.84 Å². The van der Waals surface area contributed by atoms with Crippen molar-refractivity contribution in [2.75, 3.05) is 6.61 Å². The Hall–Kier alpha value is -1.49. The highest BCUT2D eigenvalue weighted by molar-refractivity contribution is 5.89. The van der Waals surface area contributed by atoms with E-state index in [4.69, 9.17) is 9.84 Å². The van der Waals surface area contributed by atoms with Crippen molar-refractivity contribution < 1.29 is 14.6 Å². The van der Waals surface area contributed by atoms with Crippen LogP contribution in [0, 0.1) is 19.8 Å². The topological polar surface area (TPSA) is 72.3 Å². The van der Waals surface area contributed by atoms with Crippen molar-refractivity contribution in [1.29, 1.82) is 0 Å². The van der Waals surface area contributed by atoms with E-state index in [1.807, 2.05) is 20.8 Å². The largest absolute Gasteiger partial charge is 0.478 e. The third-order valence-electron chi connectivity index (χ3n) is 2.71. The van der Waals surface area contributed by atoms with E-state index in [0.717, 1.165) is 0 Å². The zero-order valence-electron chi connectivity index (χ0n) is 11.5. The minimum atomic E-state index is -0.992. The number of aromatic nitrogens is 2. The molecule has 1 aromatic rings. The summed E-state index contributed by atoms with van der Waals surface area (Å²) in [5.74, 6) is -0.194. The molecule has 1 unspecified atom stereocenters. The number of nitrogens with zero attached hydrogens (tertiary/aromatic N) is 2. The first kappa shape index (κ1) is 14.6. The van der Waals surface area contributed by atoms with Gasteiger partial charge in [0.05, 0.1) is 11.4 Å². The van der Waals surface area contributed by atoms with Crippen LogP contribution in [0.4, 0.5) is 0 Å². The molecule has 0 aliphatic heterocycles. The lowest BCUT2D eigenvalue weighted by molar-refractivity contribution is 0.0229. The van der Waals surface area contributed by atoms with Crippen molar-refractivity contribution in [2.45, 2.75) is 40.7 Å². The van der Waals surface area contributed by atoms with Gasteiger partial charge in [-0.05, 0) is 26.7 Å². The number of ether oxygens (including phenoxy) is 1. The number of hydrogen-bond acceptors (Lipinski definition) is 4. The van der Waals surface area contributed by atoms with Gasteiger partial charge >= 0.3 is 5.97 Å². The average molecular weight is 252 g/mol. The predicted molar refractivity (Wildman–Crippen MR) is 67.7 cm³/mol. The summed E-state index contributed by atoms with van der Waals surface area (Å²) in [6.07, 6.45) is -0.199. The van der Waals surface area contributed by atoms with Gasteiger partial charge in [0.15, 0.2) is 5.82 Å². The first-order chi connectivity index (χ1) is 8.38. The van der Waals surface area contributed by atoms with Gasteiger partial charge in [-0.2, -0.15) is 0 Å². The van der Waals surface area contributed by atoms with Gasteiger partial charge in [-0.15, -0.1) is 0 Å². The molecule has 1 atom stereocenters. The molecule has 0 bridgehead atoms. The van der Waals surface area contributed by atoms with E-state index in [1.54, 1.807) is 13.8 Å². The number of carbonyl (C=O) groups is 1. The quantitative estimate of drug-likeness (QED) is 0.871. The van der Waals surface area contributed by atoms with Crippen LogP contribution in [0.25, 0.3) is 0 Å². The van der Waals surface area contributed by atoms with Gasteiger partial charge in [0.25, 0.3) is 0 Å². The molecule has 0 aliphatic rings. The van der Waals surface area contributed by atoms with Gasteiger partial charge in [0.1, 0.15) is 11.7 Å². The Bertz CT molecular complexity index is 421. The fraction of sp³-hybridized carbons (Fsp3) is 0.615. The average Bonchev–Trinajstić information content (AvgIpc) is 2.23. The van der Waals surface area contributed by atoms with Gasteiger partial charge in [-0.25, -0.2) is 14.8 Å². The number of aryl methyl sites for hydroxylation is 2. The van der Waals surface area contributed by atoms with Crippen LogP contribution in [0.15, 0.2) is 0 Å². The van der Waals surface area contributed by atoms with E-state index < -0.39 is 5.97 Å². The van der Waals surface area contributed by atoms with Crippen molar-refractivity contribution in [3.8, 4) is 0 Å². The Kier molecular flexibility index (Phi) is 4.78. The third kappa shape index (κ3) is 3.04. The van der Waals surface area contributed by atoms with Crippen LogP contribution in [0.1, 0.15) is 54.4 Å². The highest BCUT2D eigenvalue weighted by atomic mass is 16.5. The SMILES string of the molecule is CCOC(c1nc(C)c(C(=O)O)c(C)n1)C(C)C.